The van der Waals surface area contributed by atoms with E-state index in [1.807, 2.05) is 0 Å². The number of anilines is 1. The molecule has 2 nitrogen and oxygen atoms in total. The van der Waals surface area contributed by atoms with Crippen molar-refractivity contribution in [1.82, 2.24) is 4.90 Å². The highest BCUT2D eigenvalue weighted by molar-refractivity contribution is 5.52. The molecule has 1 aromatic rings. The van der Waals surface area contributed by atoms with Gasteiger partial charge in [0.15, 0.2) is 0 Å². The molecule has 0 aliphatic carbocycles. The monoisotopic (exact) mass is 192 g/mol. The fourth-order valence-corrected chi connectivity index (χ4v) is 1.46. The van der Waals surface area contributed by atoms with Gasteiger partial charge >= 0.3 is 0 Å². The zero-order valence-electron chi connectivity index (χ0n) is 9.62. The maximum atomic E-state index is 2.30. The van der Waals surface area contributed by atoms with Crippen LogP contribution < -0.4 is 4.90 Å². The minimum atomic E-state index is 1.07. The summed E-state index contributed by atoms with van der Waals surface area (Å²) in [4.78, 5) is 4.50. The normalized spacial score (nSPS) is 10.6. The van der Waals surface area contributed by atoms with Crippen LogP contribution in [0.2, 0.25) is 0 Å². The van der Waals surface area contributed by atoms with Gasteiger partial charge in [-0.1, -0.05) is 18.2 Å². The Morgan fingerprint density at radius 2 is 1.64 bits per heavy atom. The maximum absolute atomic E-state index is 2.30. The molecule has 0 bridgehead atoms. The first-order valence-corrected chi connectivity index (χ1v) is 5.03. The summed E-state index contributed by atoms with van der Waals surface area (Å²) in [7, 11) is 6.35. The number of likely N-dealkylation sites (N-methyl/N-ethyl adjacent to an activating group) is 2. The lowest BCUT2D eigenvalue weighted by molar-refractivity contribution is 0.416. The largest absolute Gasteiger partial charge is 0.373 e. The van der Waals surface area contributed by atoms with E-state index in [1.165, 1.54) is 11.3 Å². The summed E-state index contributed by atoms with van der Waals surface area (Å²) >= 11 is 0. The van der Waals surface area contributed by atoms with Crippen LogP contribution in [0.25, 0.3) is 0 Å². The third kappa shape index (κ3) is 3.04. The average molecular weight is 192 g/mol. The van der Waals surface area contributed by atoms with E-state index < -0.39 is 0 Å². The van der Waals surface area contributed by atoms with Crippen LogP contribution in [0, 0.1) is 6.92 Å². The van der Waals surface area contributed by atoms with Crippen LogP contribution in [-0.2, 0) is 0 Å². The number of aryl methyl sites for hydroxylation is 1. The zero-order valence-corrected chi connectivity index (χ0v) is 9.62. The topological polar surface area (TPSA) is 6.48 Å². The highest BCUT2D eigenvalue weighted by Gasteiger charge is 2.02. The molecule has 0 aliphatic heterocycles. The van der Waals surface area contributed by atoms with Crippen LogP contribution in [0.5, 0.6) is 0 Å². The van der Waals surface area contributed by atoms with Gasteiger partial charge in [-0.25, -0.2) is 0 Å². The fraction of sp³-hybridized carbons (Fsp3) is 0.500. The molecule has 0 fully saturated rings. The molecule has 78 valence electrons. The van der Waals surface area contributed by atoms with Crippen molar-refractivity contribution in [3.8, 4) is 0 Å². The highest BCUT2D eigenvalue weighted by Crippen LogP contribution is 2.17. The number of nitrogens with zero attached hydrogens (tertiary/aromatic N) is 2. The molecule has 0 spiro atoms. The molecule has 0 heterocycles. The second-order valence-corrected chi connectivity index (χ2v) is 4.01. The third-order valence-electron chi connectivity index (χ3n) is 2.41. The minimum Gasteiger partial charge on any atom is -0.373 e. The summed E-state index contributed by atoms with van der Waals surface area (Å²) in [6, 6.07) is 8.50. The van der Waals surface area contributed by atoms with E-state index in [9.17, 15) is 0 Å². The lowest BCUT2D eigenvalue weighted by atomic mass is 10.2. The van der Waals surface area contributed by atoms with Gasteiger partial charge in [-0.15, -0.1) is 0 Å². The van der Waals surface area contributed by atoms with Crippen LogP contribution in [0.1, 0.15) is 5.56 Å². The highest BCUT2D eigenvalue weighted by atomic mass is 15.2. The van der Waals surface area contributed by atoms with E-state index in [-0.39, 0.29) is 0 Å². The standard InChI is InChI=1S/C12H20N2/c1-11-7-5-6-8-12(11)14(4)10-9-13(2)3/h5-8H,9-10H2,1-4H3. The Labute approximate surface area is 87.1 Å². The Morgan fingerprint density at radius 1 is 1.00 bits per heavy atom. The molecule has 0 atom stereocenters. The molecule has 0 radical (unpaired) electrons. The maximum Gasteiger partial charge on any atom is 0.0393 e. The Hall–Kier alpha value is -1.02. The molecule has 0 N–H and O–H groups in total. The van der Waals surface area contributed by atoms with Crippen molar-refractivity contribution in [2.75, 3.05) is 39.1 Å². The van der Waals surface area contributed by atoms with Crippen molar-refractivity contribution in [3.63, 3.8) is 0 Å². The molecule has 0 amide bonds. The van der Waals surface area contributed by atoms with Crippen molar-refractivity contribution in [2.45, 2.75) is 6.92 Å². The van der Waals surface area contributed by atoms with Gasteiger partial charge in [-0.05, 0) is 32.6 Å². The summed E-state index contributed by atoms with van der Waals surface area (Å²) in [5.41, 5.74) is 2.67. The van der Waals surface area contributed by atoms with Gasteiger partial charge in [0.05, 0.1) is 0 Å². The first kappa shape index (κ1) is 11.1. The van der Waals surface area contributed by atoms with Crippen molar-refractivity contribution in [2.24, 2.45) is 0 Å². The van der Waals surface area contributed by atoms with Crippen LogP contribution in [0.15, 0.2) is 24.3 Å². The van der Waals surface area contributed by atoms with Crippen LogP contribution in [0.3, 0.4) is 0 Å². The molecule has 14 heavy (non-hydrogen) atoms. The van der Waals surface area contributed by atoms with Gasteiger partial charge < -0.3 is 9.80 Å². The molecule has 0 unspecified atom stereocenters. The minimum absolute atomic E-state index is 1.07. The first-order chi connectivity index (χ1) is 6.61. The van der Waals surface area contributed by atoms with E-state index in [0.717, 1.165) is 13.1 Å². The second kappa shape index (κ2) is 5.01. The summed E-state index contributed by atoms with van der Waals surface area (Å²) in [5.74, 6) is 0. The van der Waals surface area contributed by atoms with E-state index in [0.29, 0.717) is 0 Å². The molecule has 1 aromatic carbocycles. The zero-order chi connectivity index (χ0) is 10.6. The molecular formula is C12H20N2. The van der Waals surface area contributed by atoms with Crippen LogP contribution in [0.4, 0.5) is 5.69 Å². The lowest BCUT2D eigenvalue weighted by Crippen LogP contribution is -2.28. The molecular weight excluding hydrogens is 172 g/mol. The molecule has 1 rings (SSSR count). The second-order valence-electron chi connectivity index (χ2n) is 4.01. The number of para-hydroxylation sites is 1. The van der Waals surface area contributed by atoms with Crippen LogP contribution >= 0.6 is 0 Å². The van der Waals surface area contributed by atoms with E-state index in [4.69, 9.17) is 0 Å². The Balaban J connectivity index is 2.60. The fourth-order valence-electron chi connectivity index (χ4n) is 1.46. The van der Waals surface area contributed by atoms with Crippen molar-refractivity contribution >= 4 is 5.69 Å². The van der Waals surface area contributed by atoms with Gasteiger partial charge in [0, 0.05) is 25.8 Å². The number of benzene rings is 1. The third-order valence-corrected chi connectivity index (χ3v) is 2.41. The quantitative estimate of drug-likeness (QED) is 0.720. The van der Waals surface area contributed by atoms with Gasteiger partial charge in [0.2, 0.25) is 0 Å². The van der Waals surface area contributed by atoms with Crippen molar-refractivity contribution in [1.29, 1.82) is 0 Å². The smallest absolute Gasteiger partial charge is 0.0393 e. The van der Waals surface area contributed by atoms with Crippen LogP contribution in [-0.4, -0.2) is 39.1 Å². The van der Waals surface area contributed by atoms with Crippen molar-refractivity contribution < 1.29 is 0 Å². The predicted octanol–water partition coefficient (Wildman–Crippen LogP) is 1.99. The summed E-state index contributed by atoms with van der Waals surface area (Å²) in [6.07, 6.45) is 0. The summed E-state index contributed by atoms with van der Waals surface area (Å²) in [6.45, 7) is 4.31. The van der Waals surface area contributed by atoms with E-state index >= 15 is 0 Å². The van der Waals surface area contributed by atoms with E-state index in [1.54, 1.807) is 0 Å². The van der Waals surface area contributed by atoms with Gasteiger partial charge in [0.25, 0.3) is 0 Å². The average Bonchev–Trinajstić information content (AvgIpc) is 2.15. The molecule has 0 aliphatic rings. The van der Waals surface area contributed by atoms with Gasteiger partial charge in [0.1, 0.15) is 0 Å². The van der Waals surface area contributed by atoms with E-state index in [2.05, 4.69) is 62.1 Å². The molecule has 0 saturated carbocycles. The molecule has 0 saturated heterocycles. The first-order valence-electron chi connectivity index (χ1n) is 5.03. The lowest BCUT2D eigenvalue weighted by Gasteiger charge is -2.23. The van der Waals surface area contributed by atoms with Gasteiger partial charge in [-0.2, -0.15) is 0 Å². The number of rotatable bonds is 4. The number of hydrogen-bond donors (Lipinski definition) is 0. The molecule has 2 heteroatoms. The summed E-state index contributed by atoms with van der Waals surface area (Å²) < 4.78 is 0. The predicted molar refractivity (Wildman–Crippen MR) is 63.0 cm³/mol. The summed E-state index contributed by atoms with van der Waals surface area (Å²) in [5, 5.41) is 0. The Morgan fingerprint density at radius 3 is 2.21 bits per heavy atom. The molecule has 0 aromatic heterocycles. The SMILES string of the molecule is Cc1ccccc1N(C)CCN(C)C. The van der Waals surface area contributed by atoms with Crippen molar-refractivity contribution in [3.05, 3.63) is 29.8 Å². The van der Waals surface area contributed by atoms with Gasteiger partial charge in [-0.3, -0.25) is 0 Å². The number of hydrogen-bond acceptors (Lipinski definition) is 2. The Kier molecular flexibility index (Phi) is 3.96. The Bertz CT molecular complexity index is 281.